The summed E-state index contributed by atoms with van der Waals surface area (Å²) in [6, 6.07) is 24.1. The van der Waals surface area contributed by atoms with Crippen molar-refractivity contribution >= 4 is 23.5 Å². The SMILES string of the molecule is O=[N+]([O-])C[C@H](c1ccc(B(O)O)cc1)c1c(-c2ccccc2)[nH]c2ccccc12. The third-order valence-corrected chi connectivity index (χ3v) is 5.13. The van der Waals surface area contributed by atoms with Gasteiger partial charge in [-0.2, -0.15) is 0 Å². The van der Waals surface area contributed by atoms with Gasteiger partial charge in [0.2, 0.25) is 6.54 Å². The molecule has 0 bridgehead atoms. The van der Waals surface area contributed by atoms with Gasteiger partial charge in [0, 0.05) is 15.8 Å². The number of nitro groups is 1. The lowest BCUT2D eigenvalue weighted by molar-refractivity contribution is -0.481. The van der Waals surface area contributed by atoms with Gasteiger partial charge in [-0.05, 0) is 28.2 Å². The van der Waals surface area contributed by atoms with Gasteiger partial charge in [0.05, 0.1) is 11.6 Å². The van der Waals surface area contributed by atoms with Crippen LogP contribution in [-0.2, 0) is 0 Å². The zero-order chi connectivity index (χ0) is 20.4. The normalized spacial score (nSPS) is 12.1. The van der Waals surface area contributed by atoms with Crippen molar-refractivity contribution in [1.82, 2.24) is 4.98 Å². The second-order valence-electron chi connectivity index (χ2n) is 6.93. The van der Waals surface area contributed by atoms with Crippen LogP contribution in [0.4, 0.5) is 0 Å². The minimum Gasteiger partial charge on any atom is -0.423 e. The van der Waals surface area contributed by atoms with Gasteiger partial charge in [0.15, 0.2) is 0 Å². The average Bonchev–Trinajstić information content (AvgIpc) is 3.12. The number of aromatic amines is 1. The predicted molar refractivity (Wildman–Crippen MR) is 114 cm³/mol. The van der Waals surface area contributed by atoms with E-state index in [1.54, 1.807) is 24.3 Å². The maximum atomic E-state index is 11.6. The second kappa shape index (κ2) is 7.91. The molecule has 1 heterocycles. The number of benzene rings is 3. The molecule has 0 fully saturated rings. The Hall–Kier alpha value is -3.42. The molecule has 0 aliphatic heterocycles. The molecule has 0 aliphatic rings. The zero-order valence-corrected chi connectivity index (χ0v) is 15.5. The topological polar surface area (TPSA) is 99.4 Å². The molecular weight excluding hydrogens is 367 g/mol. The van der Waals surface area contributed by atoms with Crippen molar-refractivity contribution in [2.24, 2.45) is 0 Å². The Kier molecular flexibility index (Phi) is 5.16. The molecule has 4 rings (SSSR count). The Morgan fingerprint density at radius 3 is 2.24 bits per heavy atom. The highest BCUT2D eigenvalue weighted by Crippen LogP contribution is 2.38. The van der Waals surface area contributed by atoms with Gasteiger partial charge in [-0.25, -0.2) is 0 Å². The highest BCUT2D eigenvalue weighted by molar-refractivity contribution is 6.58. The Morgan fingerprint density at radius 2 is 1.59 bits per heavy atom. The van der Waals surface area contributed by atoms with E-state index in [2.05, 4.69) is 4.98 Å². The van der Waals surface area contributed by atoms with E-state index in [0.29, 0.717) is 5.46 Å². The van der Waals surface area contributed by atoms with Gasteiger partial charge >= 0.3 is 7.12 Å². The fraction of sp³-hybridized carbons (Fsp3) is 0.0909. The van der Waals surface area contributed by atoms with Crippen LogP contribution in [0.5, 0.6) is 0 Å². The third kappa shape index (κ3) is 3.78. The molecule has 1 aromatic heterocycles. The number of fused-ring (bicyclic) bond motifs is 1. The van der Waals surface area contributed by atoms with Crippen LogP contribution in [0.2, 0.25) is 0 Å². The molecule has 4 aromatic rings. The van der Waals surface area contributed by atoms with Crippen molar-refractivity contribution in [3.05, 3.63) is 100 Å². The molecule has 6 nitrogen and oxygen atoms in total. The first-order chi connectivity index (χ1) is 14.0. The maximum Gasteiger partial charge on any atom is 0.488 e. The number of nitrogens with zero attached hydrogens (tertiary/aromatic N) is 1. The first kappa shape index (κ1) is 18.9. The lowest BCUT2D eigenvalue weighted by Gasteiger charge is -2.16. The number of aromatic nitrogens is 1. The highest BCUT2D eigenvalue weighted by Gasteiger charge is 2.27. The number of hydrogen-bond acceptors (Lipinski definition) is 4. The predicted octanol–water partition coefficient (Wildman–Crippen LogP) is 2.92. The summed E-state index contributed by atoms with van der Waals surface area (Å²) < 4.78 is 0. The first-order valence-electron chi connectivity index (χ1n) is 9.28. The van der Waals surface area contributed by atoms with Crippen molar-refractivity contribution in [3.63, 3.8) is 0 Å². The Bertz CT molecular complexity index is 1140. The van der Waals surface area contributed by atoms with Crippen LogP contribution in [0, 0.1) is 10.1 Å². The number of rotatable bonds is 6. The van der Waals surface area contributed by atoms with Crippen LogP contribution in [0.15, 0.2) is 78.9 Å². The summed E-state index contributed by atoms with van der Waals surface area (Å²) in [5.74, 6) is -0.499. The highest BCUT2D eigenvalue weighted by atomic mass is 16.6. The van der Waals surface area contributed by atoms with Crippen LogP contribution in [0.25, 0.3) is 22.2 Å². The van der Waals surface area contributed by atoms with E-state index in [0.717, 1.165) is 33.3 Å². The van der Waals surface area contributed by atoms with E-state index in [4.69, 9.17) is 0 Å². The summed E-state index contributed by atoms with van der Waals surface area (Å²) in [5.41, 5.74) is 4.67. The quantitative estimate of drug-likeness (QED) is 0.270. The summed E-state index contributed by atoms with van der Waals surface area (Å²) >= 11 is 0. The molecule has 0 radical (unpaired) electrons. The lowest BCUT2D eigenvalue weighted by atomic mass is 9.78. The molecule has 0 aliphatic carbocycles. The fourth-order valence-electron chi connectivity index (χ4n) is 3.77. The lowest BCUT2D eigenvalue weighted by Crippen LogP contribution is -2.29. The van der Waals surface area contributed by atoms with Crippen molar-refractivity contribution in [3.8, 4) is 11.3 Å². The van der Waals surface area contributed by atoms with Crippen LogP contribution in [0.1, 0.15) is 17.0 Å². The van der Waals surface area contributed by atoms with Crippen molar-refractivity contribution < 1.29 is 15.0 Å². The number of nitrogens with one attached hydrogen (secondary N) is 1. The molecule has 0 spiro atoms. The molecule has 0 unspecified atom stereocenters. The fourth-order valence-corrected chi connectivity index (χ4v) is 3.77. The summed E-state index contributed by atoms with van der Waals surface area (Å²) in [5, 5.41) is 31.2. The molecule has 0 saturated carbocycles. The molecule has 3 aromatic carbocycles. The summed E-state index contributed by atoms with van der Waals surface area (Å²) in [4.78, 5) is 14.7. The van der Waals surface area contributed by atoms with Gasteiger partial charge in [-0.3, -0.25) is 10.1 Å². The molecule has 7 heteroatoms. The molecule has 0 saturated heterocycles. The first-order valence-corrected chi connectivity index (χ1v) is 9.28. The number of hydrogen-bond donors (Lipinski definition) is 3. The summed E-state index contributed by atoms with van der Waals surface area (Å²) in [7, 11) is -1.58. The van der Waals surface area contributed by atoms with Crippen LogP contribution in [0.3, 0.4) is 0 Å². The Morgan fingerprint density at radius 1 is 0.931 bits per heavy atom. The van der Waals surface area contributed by atoms with E-state index in [-0.39, 0.29) is 11.5 Å². The standard InChI is InChI=1S/C22H19BN2O4/c26-23(27)17-12-10-15(11-13-17)19(14-25(28)29)21-18-8-4-5-9-20(18)24-22(21)16-6-2-1-3-7-16/h1-13,19,24,26-27H,14H2/t19-/m1/s1. The second-order valence-corrected chi connectivity index (χ2v) is 6.93. The number of H-pyrrole nitrogens is 1. The summed E-state index contributed by atoms with van der Waals surface area (Å²) in [6.07, 6.45) is 0. The number of para-hydroxylation sites is 1. The molecule has 144 valence electrons. The molecule has 0 amide bonds. The van der Waals surface area contributed by atoms with Gasteiger partial charge in [-0.15, -0.1) is 0 Å². The van der Waals surface area contributed by atoms with E-state index < -0.39 is 13.0 Å². The molecule has 1 atom stereocenters. The largest absolute Gasteiger partial charge is 0.488 e. The van der Waals surface area contributed by atoms with Crippen molar-refractivity contribution in [2.75, 3.05) is 6.54 Å². The summed E-state index contributed by atoms with van der Waals surface area (Å²) in [6.45, 7) is -0.275. The van der Waals surface area contributed by atoms with Gasteiger partial charge < -0.3 is 15.0 Å². The maximum absolute atomic E-state index is 11.6. The van der Waals surface area contributed by atoms with E-state index in [1.165, 1.54) is 0 Å². The molecule has 29 heavy (non-hydrogen) atoms. The minimum atomic E-state index is -1.58. The van der Waals surface area contributed by atoms with Crippen molar-refractivity contribution in [1.29, 1.82) is 0 Å². The van der Waals surface area contributed by atoms with Gasteiger partial charge in [-0.1, -0.05) is 72.8 Å². The monoisotopic (exact) mass is 386 g/mol. The average molecular weight is 386 g/mol. The van der Waals surface area contributed by atoms with Crippen LogP contribution < -0.4 is 5.46 Å². The molecule has 3 N–H and O–H groups in total. The van der Waals surface area contributed by atoms with Gasteiger partial charge in [0.1, 0.15) is 0 Å². The third-order valence-electron chi connectivity index (χ3n) is 5.13. The van der Waals surface area contributed by atoms with E-state index >= 15 is 0 Å². The smallest absolute Gasteiger partial charge is 0.423 e. The minimum absolute atomic E-state index is 0.275. The van der Waals surface area contributed by atoms with Crippen molar-refractivity contribution in [2.45, 2.75) is 5.92 Å². The Labute approximate surface area is 167 Å². The molecular formula is C22H19BN2O4. The van der Waals surface area contributed by atoms with E-state index in [1.807, 2.05) is 54.6 Å². The van der Waals surface area contributed by atoms with Crippen LogP contribution in [-0.4, -0.2) is 33.6 Å². The zero-order valence-electron chi connectivity index (χ0n) is 15.5. The van der Waals surface area contributed by atoms with Crippen LogP contribution >= 0.6 is 0 Å². The Balaban J connectivity index is 1.93. The van der Waals surface area contributed by atoms with E-state index in [9.17, 15) is 20.2 Å². The van der Waals surface area contributed by atoms with Gasteiger partial charge in [0.25, 0.3) is 0 Å².